The van der Waals surface area contributed by atoms with Crippen molar-refractivity contribution in [2.45, 2.75) is 38.7 Å². The highest BCUT2D eigenvalue weighted by Crippen LogP contribution is 2.27. The molecule has 0 amide bonds. The molecule has 0 atom stereocenters. The van der Waals surface area contributed by atoms with Crippen LogP contribution in [0.1, 0.15) is 36.1 Å². The molecule has 7 nitrogen and oxygen atoms in total. The maximum atomic E-state index is 6.19. The van der Waals surface area contributed by atoms with Gasteiger partial charge in [-0.3, -0.25) is 0 Å². The summed E-state index contributed by atoms with van der Waals surface area (Å²) >= 11 is 0. The van der Waals surface area contributed by atoms with Crippen molar-refractivity contribution in [1.29, 1.82) is 0 Å². The lowest BCUT2D eigenvalue weighted by atomic mass is 9.96. The van der Waals surface area contributed by atoms with E-state index in [2.05, 4.69) is 20.3 Å². The molecule has 23 heavy (non-hydrogen) atoms. The third-order valence-electron chi connectivity index (χ3n) is 4.28. The van der Waals surface area contributed by atoms with E-state index < -0.39 is 0 Å². The molecule has 1 aliphatic carbocycles. The minimum Gasteiger partial charge on any atom is -0.474 e. The maximum absolute atomic E-state index is 6.19. The van der Waals surface area contributed by atoms with Crippen molar-refractivity contribution in [3.05, 3.63) is 35.2 Å². The van der Waals surface area contributed by atoms with Gasteiger partial charge in [-0.25, -0.2) is 14.6 Å². The summed E-state index contributed by atoms with van der Waals surface area (Å²) in [4.78, 5) is 8.75. The molecule has 3 aromatic heterocycles. The summed E-state index contributed by atoms with van der Waals surface area (Å²) in [6, 6.07) is 3.91. The zero-order valence-electron chi connectivity index (χ0n) is 12.8. The summed E-state index contributed by atoms with van der Waals surface area (Å²) in [6.07, 6.45) is 6.26. The molecule has 0 aromatic carbocycles. The fourth-order valence-electron chi connectivity index (χ4n) is 2.66. The first-order valence-electron chi connectivity index (χ1n) is 7.69. The lowest BCUT2D eigenvalue weighted by Crippen LogP contribution is -2.24. The Balaban J connectivity index is 1.57. The number of hydrogen-bond acceptors (Lipinski definition) is 7. The molecule has 1 aliphatic rings. The predicted octanol–water partition coefficient (Wildman–Crippen LogP) is 2.43. The Bertz CT molecular complexity index is 840. The van der Waals surface area contributed by atoms with E-state index in [4.69, 9.17) is 15.1 Å². The zero-order chi connectivity index (χ0) is 15.8. The number of nitrogens with zero attached hydrogens (tertiary/aromatic N) is 4. The van der Waals surface area contributed by atoms with Gasteiger partial charge in [0, 0.05) is 29.9 Å². The monoisotopic (exact) mass is 311 g/mol. The van der Waals surface area contributed by atoms with Crippen LogP contribution in [0.4, 0.5) is 5.69 Å². The van der Waals surface area contributed by atoms with Crippen LogP contribution in [0.5, 0.6) is 5.88 Å². The molecule has 0 aliphatic heterocycles. The summed E-state index contributed by atoms with van der Waals surface area (Å²) in [7, 11) is 0. The number of nitrogen functional groups attached to an aromatic ring is 1. The third-order valence-corrected chi connectivity index (χ3v) is 4.28. The van der Waals surface area contributed by atoms with E-state index in [0.29, 0.717) is 35.3 Å². The molecule has 0 saturated heterocycles. The summed E-state index contributed by atoms with van der Waals surface area (Å²) in [5.74, 6) is 0.678. The van der Waals surface area contributed by atoms with Gasteiger partial charge in [-0.15, -0.1) is 0 Å². The highest BCUT2D eigenvalue weighted by molar-refractivity contribution is 5.85. The molecule has 3 aromatic rings. The Morgan fingerprint density at radius 1 is 1.30 bits per heavy atom. The molecule has 2 N–H and O–H groups in total. The Morgan fingerprint density at radius 3 is 2.87 bits per heavy atom. The largest absolute Gasteiger partial charge is 0.474 e. The van der Waals surface area contributed by atoms with Gasteiger partial charge in [0.15, 0.2) is 5.52 Å². The van der Waals surface area contributed by atoms with Crippen molar-refractivity contribution in [1.82, 2.24) is 20.3 Å². The Kier molecular flexibility index (Phi) is 3.33. The van der Waals surface area contributed by atoms with Crippen LogP contribution in [-0.4, -0.2) is 26.4 Å². The van der Waals surface area contributed by atoms with E-state index in [1.54, 1.807) is 0 Å². The molecule has 0 unspecified atom stereocenters. The van der Waals surface area contributed by atoms with Crippen molar-refractivity contribution in [3.8, 4) is 5.88 Å². The van der Waals surface area contributed by atoms with E-state index in [-0.39, 0.29) is 0 Å². The molecule has 1 fully saturated rings. The highest BCUT2D eigenvalue weighted by Gasteiger charge is 2.19. The van der Waals surface area contributed by atoms with Crippen molar-refractivity contribution in [3.63, 3.8) is 0 Å². The van der Waals surface area contributed by atoms with Crippen molar-refractivity contribution in [2.75, 3.05) is 5.73 Å². The second kappa shape index (κ2) is 5.49. The predicted molar refractivity (Wildman–Crippen MR) is 84.1 cm³/mol. The van der Waals surface area contributed by atoms with Gasteiger partial charge in [-0.05, 0) is 42.1 Å². The van der Waals surface area contributed by atoms with Crippen LogP contribution < -0.4 is 10.5 Å². The molecule has 1 saturated carbocycles. The van der Waals surface area contributed by atoms with Gasteiger partial charge in [0.05, 0.1) is 5.69 Å². The van der Waals surface area contributed by atoms with Gasteiger partial charge >= 0.3 is 0 Å². The van der Waals surface area contributed by atoms with Gasteiger partial charge in [0.2, 0.25) is 11.5 Å². The van der Waals surface area contributed by atoms with Gasteiger partial charge in [-0.1, -0.05) is 6.07 Å². The fraction of sp³-hybridized carbons (Fsp3) is 0.375. The van der Waals surface area contributed by atoms with E-state index >= 15 is 0 Å². The molecule has 0 bridgehead atoms. The van der Waals surface area contributed by atoms with Crippen LogP contribution in [0.2, 0.25) is 0 Å². The minimum absolute atomic E-state index is 0.331. The average molecular weight is 311 g/mol. The number of aryl methyl sites for hydroxylation is 1. The van der Waals surface area contributed by atoms with Crippen LogP contribution in [0.3, 0.4) is 0 Å². The second-order valence-corrected chi connectivity index (χ2v) is 5.88. The van der Waals surface area contributed by atoms with Gasteiger partial charge in [0.1, 0.15) is 6.10 Å². The quantitative estimate of drug-likeness (QED) is 0.789. The van der Waals surface area contributed by atoms with Crippen molar-refractivity contribution in [2.24, 2.45) is 0 Å². The van der Waals surface area contributed by atoms with Gasteiger partial charge < -0.3 is 10.5 Å². The normalized spacial score (nSPS) is 14.8. The Morgan fingerprint density at radius 2 is 2.17 bits per heavy atom. The zero-order valence-corrected chi connectivity index (χ0v) is 12.8. The standard InChI is InChI=1S/C16H17N5O2/c1-9-12(14(17)15-16(19-9)21-23-20-15)7-10-5-6-13(18-8-10)22-11-3-2-4-11/h5-6,8,11H,2-4,7,17H2,1H3. The number of fused-ring (bicyclic) bond motifs is 1. The first-order valence-corrected chi connectivity index (χ1v) is 7.69. The maximum Gasteiger partial charge on any atom is 0.226 e. The van der Waals surface area contributed by atoms with E-state index in [1.165, 1.54) is 6.42 Å². The minimum atomic E-state index is 0.331. The number of nitrogens with two attached hydrogens (primary N) is 1. The average Bonchev–Trinajstić information content (AvgIpc) is 2.97. The lowest BCUT2D eigenvalue weighted by molar-refractivity contribution is 0.114. The molecule has 3 heterocycles. The number of hydrogen-bond donors (Lipinski definition) is 1. The smallest absolute Gasteiger partial charge is 0.226 e. The Labute approximate surface area is 132 Å². The molecule has 0 spiro atoms. The number of rotatable bonds is 4. The lowest BCUT2D eigenvalue weighted by Gasteiger charge is -2.25. The number of ether oxygens (including phenoxy) is 1. The van der Waals surface area contributed by atoms with Crippen molar-refractivity contribution < 1.29 is 9.37 Å². The molecular weight excluding hydrogens is 294 g/mol. The summed E-state index contributed by atoms with van der Waals surface area (Å²) in [5.41, 5.74) is 10.5. The molecular formula is C16H17N5O2. The van der Waals surface area contributed by atoms with Crippen LogP contribution in [0.25, 0.3) is 11.2 Å². The number of aromatic nitrogens is 4. The summed E-state index contributed by atoms with van der Waals surface area (Å²) in [5, 5.41) is 7.55. The molecule has 7 heteroatoms. The first kappa shape index (κ1) is 13.9. The third kappa shape index (κ3) is 2.58. The van der Waals surface area contributed by atoms with Crippen LogP contribution in [-0.2, 0) is 6.42 Å². The highest BCUT2D eigenvalue weighted by atomic mass is 16.6. The molecule has 0 radical (unpaired) electrons. The Hall–Kier alpha value is -2.70. The van der Waals surface area contributed by atoms with Gasteiger partial charge in [-0.2, -0.15) is 0 Å². The topological polar surface area (TPSA) is 100.0 Å². The van der Waals surface area contributed by atoms with Crippen LogP contribution >= 0.6 is 0 Å². The SMILES string of the molecule is Cc1nc2nonc2c(N)c1Cc1ccc(OC2CCC2)nc1. The second-order valence-electron chi connectivity index (χ2n) is 5.88. The van der Waals surface area contributed by atoms with Gasteiger partial charge in [0.25, 0.3) is 0 Å². The fourth-order valence-corrected chi connectivity index (χ4v) is 2.66. The number of pyridine rings is 2. The molecule has 118 valence electrons. The van der Waals surface area contributed by atoms with E-state index in [9.17, 15) is 0 Å². The van der Waals surface area contributed by atoms with E-state index in [1.807, 2.05) is 25.3 Å². The molecule has 4 rings (SSSR count). The van der Waals surface area contributed by atoms with E-state index in [0.717, 1.165) is 29.7 Å². The van der Waals surface area contributed by atoms with Crippen molar-refractivity contribution >= 4 is 16.9 Å². The summed E-state index contributed by atoms with van der Waals surface area (Å²) in [6.45, 7) is 1.90. The number of anilines is 1. The summed E-state index contributed by atoms with van der Waals surface area (Å²) < 4.78 is 10.5. The first-order chi connectivity index (χ1) is 11.2. The van der Waals surface area contributed by atoms with Crippen LogP contribution in [0, 0.1) is 6.92 Å². The van der Waals surface area contributed by atoms with Crippen LogP contribution in [0.15, 0.2) is 23.0 Å².